The second-order valence-corrected chi connectivity index (χ2v) is 6.54. The van der Waals surface area contributed by atoms with Crippen molar-refractivity contribution in [3.63, 3.8) is 0 Å². The largest absolute Gasteiger partial charge is 0.494 e. The van der Waals surface area contributed by atoms with Gasteiger partial charge in [0.2, 0.25) is 5.91 Å². The van der Waals surface area contributed by atoms with E-state index in [1.165, 1.54) is 0 Å². The second kappa shape index (κ2) is 11.9. The molecule has 0 aliphatic heterocycles. The third-order valence-electron chi connectivity index (χ3n) is 4.29. The lowest BCUT2D eigenvalue weighted by Gasteiger charge is -2.16. The number of hydrogen-bond donors (Lipinski definition) is 1. The molecule has 2 aromatic rings. The molecule has 0 unspecified atom stereocenters. The van der Waals surface area contributed by atoms with Gasteiger partial charge >= 0.3 is 0 Å². The normalized spacial score (nSPS) is 10.6. The first-order valence-corrected chi connectivity index (χ1v) is 9.46. The van der Waals surface area contributed by atoms with Crippen molar-refractivity contribution >= 4 is 5.91 Å². The Hall–Kier alpha value is -2.73. The summed E-state index contributed by atoms with van der Waals surface area (Å²) in [4.78, 5) is 14.1. The minimum absolute atomic E-state index is 0.0203. The molecule has 1 N–H and O–H groups in total. The number of nitrogens with zero attached hydrogens (tertiary/aromatic N) is 1. The summed E-state index contributed by atoms with van der Waals surface area (Å²) in [5, 5.41) is 2.96. The van der Waals surface area contributed by atoms with Crippen molar-refractivity contribution in [1.29, 1.82) is 0 Å². The standard InChI is InChI=1S/C22H30N2O4/c1-24(14-7-15-28-19-8-5-4-6-9-19)17-22(25)23-13-12-18-10-11-20(26-2)21(16-18)27-3/h4-6,8-11,16H,7,12-15,17H2,1-3H3,(H,23,25). The zero-order chi connectivity index (χ0) is 20.2. The Morgan fingerprint density at radius 3 is 2.50 bits per heavy atom. The van der Waals surface area contributed by atoms with Crippen LogP contribution in [0.4, 0.5) is 0 Å². The van der Waals surface area contributed by atoms with Gasteiger partial charge in [-0.2, -0.15) is 0 Å². The predicted molar refractivity (Wildman–Crippen MR) is 110 cm³/mol. The van der Waals surface area contributed by atoms with Gasteiger partial charge in [-0.3, -0.25) is 9.69 Å². The molecule has 0 atom stereocenters. The van der Waals surface area contributed by atoms with Gasteiger partial charge < -0.3 is 19.5 Å². The van der Waals surface area contributed by atoms with Crippen LogP contribution < -0.4 is 19.5 Å². The molecule has 0 radical (unpaired) electrons. The minimum Gasteiger partial charge on any atom is -0.494 e. The van der Waals surface area contributed by atoms with Crippen LogP contribution in [0.15, 0.2) is 48.5 Å². The van der Waals surface area contributed by atoms with E-state index in [-0.39, 0.29) is 5.91 Å². The summed E-state index contributed by atoms with van der Waals surface area (Å²) in [5.41, 5.74) is 1.09. The SMILES string of the molecule is COc1ccc(CCNC(=O)CN(C)CCCOc2ccccc2)cc1OC. The summed E-state index contributed by atoms with van der Waals surface area (Å²) < 4.78 is 16.2. The van der Waals surface area contributed by atoms with Crippen LogP contribution in [0.1, 0.15) is 12.0 Å². The van der Waals surface area contributed by atoms with Crippen LogP contribution in [-0.4, -0.2) is 58.3 Å². The van der Waals surface area contributed by atoms with E-state index in [0.717, 1.165) is 30.7 Å². The maximum absolute atomic E-state index is 12.1. The Bertz CT molecular complexity index is 722. The quantitative estimate of drug-likeness (QED) is 0.569. The topological polar surface area (TPSA) is 60.0 Å². The van der Waals surface area contributed by atoms with E-state index in [4.69, 9.17) is 14.2 Å². The molecule has 0 fully saturated rings. The van der Waals surface area contributed by atoms with Crippen LogP contribution in [0.3, 0.4) is 0 Å². The summed E-state index contributed by atoms with van der Waals surface area (Å²) in [6.07, 6.45) is 1.60. The van der Waals surface area contributed by atoms with Crippen LogP contribution in [-0.2, 0) is 11.2 Å². The van der Waals surface area contributed by atoms with Crippen LogP contribution in [0, 0.1) is 0 Å². The zero-order valence-corrected chi connectivity index (χ0v) is 16.9. The summed E-state index contributed by atoms with van der Waals surface area (Å²) in [6.45, 7) is 2.39. The summed E-state index contributed by atoms with van der Waals surface area (Å²) in [6, 6.07) is 15.5. The first-order chi connectivity index (χ1) is 13.6. The predicted octanol–water partition coefficient (Wildman–Crippen LogP) is 2.76. The second-order valence-electron chi connectivity index (χ2n) is 6.54. The molecule has 0 aliphatic carbocycles. The fourth-order valence-corrected chi connectivity index (χ4v) is 2.80. The molecule has 1 amide bonds. The van der Waals surface area contributed by atoms with Gasteiger partial charge in [-0.1, -0.05) is 24.3 Å². The van der Waals surface area contributed by atoms with Gasteiger partial charge in [-0.05, 0) is 49.7 Å². The van der Waals surface area contributed by atoms with Gasteiger partial charge in [-0.15, -0.1) is 0 Å². The molecular weight excluding hydrogens is 356 g/mol. The molecule has 0 saturated carbocycles. The van der Waals surface area contributed by atoms with Gasteiger partial charge in [0.1, 0.15) is 5.75 Å². The van der Waals surface area contributed by atoms with Crippen molar-refractivity contribution in [1.82, 2.24) is 10.2 Å². The Morgan fingerprint density at radius 1 is 1.04 bits per heavy atom. The Balaban J connectivity index is 1.61. The minimum atomic E-state index is 0.0203. The van der Waals surface area contributed by atoms with E-state index >= 15 is 0 Å². The van der Waals surface area contributed by atoms with Crippen molar-refractivity contribution in [3.05, 3.63) is 54.1 Å². The van der Waals surface area contributed by atoms with E-state index in [9.17, 15) is 4.79 Å². The number of ether oxygens (including phenoxy) is 3. The number of carbonyl (C=O) groups is 1. The molecule has 0 saturated heterocycles. The van der Waals surface area contributed by atoms with Crippen molar-refractivity contribution in [2.75, 3.05) is 47.5 Å². The molecule has 2 aromatic carbocycles. The van der Waals surface area contributed by atoms with E-state index in [0.29, 0.717) is 31.2 Å². The Morgan fingerprint density at radius 2 is 1.79 bits per heavy atom. The van der Waals surface area contributed by atoms with E-state index < -0.39 is 0 Å². The number of para-hydroxylation sites is 1. The number of carbonyl (C=O) groups excluding carboxylic acids is 1. The van der Waals surface area contributed by atoms with Crippen molar-refractivity contribution < 1.29 is 19.0 Å². The molecule has 0 spiro atoms. The first kappa shape index (κ1) is 21.6. The Kier molecular flexibility index (Phi) is 9.15. The summed E-state index contributed by atoms with van der Waals surface area (Å²) in [5.74, 6) is 2.29. The molecule has 6 nitrogen and oxygen atoms in total. The molecule has 0 aromatic heterocycles. The van der Waals surface area contributed by atoms with Crippen molar-refractivity contribution in [2.24, 2.45) is 0 Å². The number of methoxy groups -OCH3 is 2. The lowest BCUT2D eigenvalue weighted by atomic mass is 10.1. The van der Waals surface area contributed by atoms with Gasteiger partial charge in [-0.25, -0.2) is 0 Å². The monoisotopic (exact) mass is 386 g/mol. The van der Waals surface area contributed by atoms with Crippen LogP contribution in [0.5, 0.6) is 17.2 Å². The van der Waals surface area contributed by atoms with Gasteiger partial charge in [0.15, 0.2) is 11.5 Å². The number of nitrogens with one attached hydrogen (secondary N) is 1. The van der Waals surface area contributed by atoms with Gasteiger partial charge in [0, 0.05) is 13.1 Å². The maximum atomic E-state index is 12.1. The summed E-state index contributed by atoms with van der Waals surface area (Å²) >= 11 is 0. The molecular formula is C22H30N2O4. The maximum Gasteiger partial charge on any atom is 0.234 e. The van der Waals surface area contributed by atoms with E-state index in [1.54, 1.807) is 14.2 Å². The number of likely N-dealkylation sites (N-methyl/N-ethyl adjacent to an activating group) is 1. The molecule has 6 heteroatoms. The van der Waals surface area contributed by atoms with Crippen molar-refractivity contribution in [3.8, 4) is 17.2 Å². The van der Waals surface area contributed by atoms with Crippen LogP contribution in [0.25, 0.3) is 0 Å². The van der Waals surface area contributed by atoms with Crippen molar-refractivity contribution in [2.45, 2.75) is 12.8 Å². The highest BCUT2D eigenvalue weighted by atomic mass is 16.5. The molecule has 0 aliphatic rings. The molecule has 0 bridgehead atoms. The average Bonchev–Trinajstić information content (AvgIpc) is 2.71. The Labute approximate surface area is 167 Å². The van der Waals surface area contributed by atoms with Crippen LogP contribution >= 0.6 is 0 Å². The fraction of sp³-hybridized carbons (Fsp3) is 0.409. The lowest BCUT2D eigenvalue weighted by molar-refractivity contribution is -0.121. The smallest absolute Gasteiger partial charge is 0.234 e. The number of amides is 1. The number of hydrogen-bond acceptors (Lipinski definition) is 5. The average molecular weight is 386 g/mol. The third-order valence-corrected chi connectivity index (χ3v) is 4.29. The number of rotatable bonds is 12. The molecule has 152 valence electrons. The highest BCUT2D eigenvalue weighted by Gasteiger charge is 2.08. The van der Waals surface area contributed by atoms with E-state index in [1.807, 2.05) is 60.5 Å². The first-order valence-electron chi connectivity index (χ1n) is 9.46. The highest BCUT2D eigenvalue weighted by Crippen LogP contribution is 2.27. The zero-order valence-electron chi connectivity index (χ0n) is 16.9. The number of benzene rings is 2. The highest BCUT2D eigenvalue weighted by molar-refractivity contribution is 5.77. The van der Waals surface area contributed by atoms with Gasteiger partial charge in [0.05, 0.1) is 27.4 Å². The lowest BCUT2D eigenvalue weighted by Crippen LogP contribution is -2.36. The molecule has 28 heavy (non-hydrogen) atoms. The van der Waals surface area contributed by atoms with Gasteiger partial charge in [0.25, 0.3) is 0 Å². The third kappa shape index (κ3) is 7.48. The van der Waals surface area contributed by atoms with E-state index in [2.05, 4.69) is 5.32 Å². The van der Waals surface area contributed by atoms with Crippen LogP contribution in [0.2, 0.25) is 0 Å². The molecule has 0 heterocycles. The summed E-state index contributed by atoms with van der Waals surface area (Å²) in [7, 11) is 5.17. The fourth-order valence-electron chi connectivity index (χ4n) is 2.80. The molecule has 2 rings (SSSR count).